The number of hydrogen-bond acceptors (Lipinski definition) is 3. The fraction of sp³-hybridized carbons (Fsp3) is 0.750. The lowest BCUT2D eigenvalue weighted by atomic mass is 9.82. The molecule has 3 saturated carbocycles. The van der Waals surface area contributed by atoms with E-state index in [1.807, 2.05) is 0 Å². The predicted octanol–water partition coefficient (Wildman–Crippen LogP) is 0.384. The molecule has 0 spiro atoms. The quantitative estimate of drug-likeness (QED) is 0.405. The molecule has 3 aliphatic carbocycles. The highest BCUT2D eigenvalue weighted by Crippen LogP contribution is 2.49. The van der Waals surface area contributed by atoms with Crippen molar-refractivity contribution < 1.29 is 14.3 Å². The largest absolute Gasteiger partial charge is 0.468 e. The van der Waals surface area contributed by atoms with Crippen molar-refractivity contribution in [1.29, 1.82) is 0 Å². The highest BCUT2D eigenvalue weighted by molar-refractivity contribution is 6.04. The average Bonchev–Trinajstić information content (AvgIpc) is 2.36. The number of carbonyl (C=O) groups is 2. The van der Waals surface area contributed by atoms with Gasteiger partial charge in [-0.05, 0) is 18.8 Å². The van der Waals surface area contributed by atoms with Gasteiger partial charge in [-0.1, -0.05) is 0 Å². The summed E-state index contributed by atoms with van der Waals surface area (Å²) >= 11 is 0. The molecule has 1 unspecified atom stereocenters. The van der Waals surface area contributed by atoms with Crippen LogP contribution < -0.4 is 0 Å². The van der Waals surface area contributed by atoms with Gasteiger partial charge < -0.3 is 4.74 Å². The third kappa shape index (κ3) is 0.737. The Morgan fingerprint density at radius 2 is 2.18 bits per heavy atom. The summed E-state index contributed by atoms with van der Waals surface area (Å²) in [4.78, 5) is 22.3. The van der Waals surface area contributed by atoms with E-state index in [1.54, 1.807) is 0 Å². The van der Waals surface area contributed by atoms with Crippen molar-refractivity contribution in [2.45, 2.75) is 12.8 Å². The second-order valence-corrected chi connectivity index (χ2v) is 3.33. The van der Waals surface area contributed by atoms with Gasteiger partial charge in [0.15, 0.2) is 0 Å². The lowest BCUT2D eigenvalue weighted by molar-refractivity contribution is -0.148. The molecular formula is C8H10O3. The normalized spacial score (nSPS) is 40.1. The van der Waals surface area contributed by atoms with Crippen LogP contribution in [0.25, 0.3) is 0 Å². The Kier molecular flexibility index (Phi) is 1.28. The minimum atomic E-state index is -0.412. The van der Waals surface area contributed by atoms with Crippen LogP contribution in [-0.4, -0.2) is 18.9 Å². The van der Waals surface area contributed by atoms with E-state index < -0.39 is 5.92 Å². The molecule has 0 N–H and O–H groups in total. The number of ketones is 1. The van der Waals surface area contributed by atoms with Gasteiger partial charge in [0, 0.05) is 5.92 Å². The minimum Gasteiger partial charge on any atom is -0.468 e. The molecule has 11 heavy (non-hydrogen) atoms. The monoisotopic (exact) mass is 154 g/mol. The second-order valence-electron chi connectivity index (χ2n) is 3.33. The van der Waals surface area contributed by atoms with Gasteiger partial charge in [0.1, 0.15) is 11.7 Å². The van der Waals surface area contributed by atoms with Crippen LogP contribution in [0.5, 0.6) is 0 Å². The molecular weight excluding hydrogens is 144 g/mol. The first-order chi connectivity index (χ1) is 5.24. The number of methoxy groups -OCH3 is 1. The lowest BCUT2D eigenvalue weighted by Crippen LogP contribution is -2.22. The van der Waals surface area contributed by atoms with Gasteiger partial charge in [0.25, 0.3) is 0 Å². The first kappa shape index (κ1) is 6.83. The molecule has 3 nitrogen and oxygen atoms in total. The fourth-order valence-electron chi connectivity index (χ4n) is 2.09. The van der Waals surface area contributed by atoms with Crippen LogP contribution in [0.15, 0.2) is 0 Å². The Morgan fingerprint density at radius 1 is 1.55 bits per heavy atom. The molecule has 0 amide bonds. The van der Waals surface area contributed by atoms with Crippen LogP contribution in [-0.2, 0) is 14.3 Å². The number of Topliss-reactive ketones (excluding diaryl/α,β-unsaturated/α-hetero) is 1. The van der Waals surface area contributed by atoms with Crippen molar-refractivity contribution in [3.8, 4) is 0 Å². The maximum Gasteiger partial charge on any atom is 0.316 e. The SMILES string of the molecule is COC(=O)C1C(=O)C2CC1C2. The zero-order valence-electron chi connectivity index (χ0n) is 6.37. The van der Waals surface area contributed by atoms with E-state index in [1.165, 1.54) is 7.11 Å². The predicted molar refractivity (Wildman–Crippen MR) is 36.7 cm³/mol. The molecule has 3 fully saturated rings. The van der Waals surface area contributed by atoms with Gasteiger partial charge in [-0.2, -0.15) is 0 Å². The first-order valence-corrected chi connectivity index (χ1v) is 3.85. The molecule has 3 rings (SSSR count). The molecule has 0 aliphatic heterocycles. The Balaban J connectivity index is 2.15. The summed E-state index contributed by atoms with van der Waals surface area (Å²) in [6.07, 6.45) is 1.83. The zero-order valence-corrected chi connectivity index (χ0v) is 6.37. The molecule has 60 valence electrons. The number of rotatable bonds is 1. The smallest absolute Gasteiger partial charge is 0.316 e. The number of carbonyl (C=O) groups excluding carboxylic acids is 2. The van der Waals surface area contributed by atoms with Crippen molar-refractivity contribution in [1.82, 2.24) is 0 Å². The van der Waals surface area contributed by atoms with E-state index in [-0.39, 0.29) is 17.7 Å². The Morgan fingerprint density at radius 3 is 2.55 bits per heavy atom. The third-order valence-electron chi connectivity index (χ3n) is 2.81. The van der Waals surface area contributed by atoms with Crippen LogP contribution >= 0.6 is 0 Å². The van der Waals surface area contributed by atoms with Crippen LogP contribution in [0.4, 0.5) is 0 Å². The minimum absolute atomic E-state index is 0.113. The molecule has 0 aromatic rings. The summed E-state index contributed by atoms with van der Waals surface area (Å²) in [5, 5.41) is 0. The molecule has 0 aromatic carbocycles. The van der Waals surface area contributed by atoms with E-state index in [2.05, 4.69) is 4.74 Å². The van der Waals surface area contributed by atoms with E-state index >= 15 is 0 Å². The van der Waals surface area contributed by atoms with Crippen LogP contribution in [0.1, 0.15) is 12.8 Å². The van der Waals surface area contributed by atoms with E-state index in [9.17, 15) is 9.59 Å². The Labute approximate surface area is 64.7 Å². The molecule has 1 atom stereocenters. The van der Waals surface area contributed by atoms with Crippen LogP contribution in [0.3, 0.4) is 0 Å². The molecule has 3 aliphatic rings. The maximum absolute atomic E-state index is 11.2. The molecule has 0 saturated heterocycles. The summed E-state index contributed by atoms with van der Waals surface area (Å²) in [5.41, 5.74) is 0. The molecule has 0 heterocycles. The van der Waals surface area contributed by atoms with E-state index in [0.29, 0.717) is 5.92 Å². The second kappa shape index (κ2) is 2.06. The lowest BCUT2D eigenvalue weighted by Gasteiger charge is -2.21. The van der Waals surface area contributed by atoms with Crippen molar-refractivity contribution in [2.75, 3.05) is 7.11 Å². The summed E-state index contributed by atoms with van der Waals surface area (Å²) in [6.45, 7) is 0. The van der Waals surface area contributed by atoms with Gasteiger partial charge >= 0.3 is 5.97 Å². The Bertz CT molecular complexity index is 215. The van der Waals surface area contributed by atoms with E-state index in [4.69, 9.17) is 0 Å². The summed E-state index contributed by atoms with van der Waals surface area (Å²) in [6, 6.07) is 0. The average molecular weight is 154 g/mol. The number of esters is 1. The number of fused-ring (bicyclic) bond motifs is 1. The van der Waals surface area contributed by atoms with Crippen molar-refractivity contribution in [3.63, 3.8) is 0 Å². The van der Waals surface area contributed by atoms with Crippen molar-refractivity contribution >= 4 is 11.8 Å². The third-order valence-corrected chi connectivity index (χ3v) is 2.81. The highest BCUT2D eigenvalue weighted by Gasteiger charge is 2.55. The number of ether oxygens (including phenoxy) is 1. The Hall–Kier alpha value is -0.860. The molecule has 0 radical (unpaired) electrons. The van der Waals surface area contributed by atoms with Crippen molar-refractivity contribution in [2.24, 2.45) is 17.8 Å². The van der Waals surface area contributed by atoms with Gasteiger partial charge in [-0.15, -0.1) is 0 Å². The standard InChI is InChI=1S/C8H10O3/c1-11-8(10)6-4-2-5(3-4)7(6)9/h4-6H,2-3H2,1H3. The van der Waals surface area contributed by atoms with Crippen molar-refractivity contribution in [3.05, 3.63) is 0 Å². The topological polar surface area (TPSA) is 43.4 Å². The summed E-state index contributed by atoms with van der Waals surface area (Å²) < 4.78 is 4.54. The van der Waals surface area contributed by atoms with Gasteiger partial charge in [0.2, 0.25) is 0 Å². The zero-order chi connectivity index (χ0) is 8.01. The number of hydrogen-bond donors (Lipinski definition) is 0. The maximum atomic E-state index is 11.2. The van der Waals surface area contributed by atoms with Crippen LogP contribution in [0.2, 0.25) is 0 Å². The summed E-state index contributed by atoms with van der Waals surface area (Å²) in [5.74, 6) is -0.143. The highest BCUT2D eigenvalue weighted by atomic mass is 16.5. The van der Waals surface area contributed by atoms with E-state index in [0.717, 1.165) is 12.8 Å². The van der Waals surface area contributed by atoms with Gasteiger partial charge in [-0.25, -0.2) is 0 Å². The summed E-state index contributed by atoms with van der Waals surface area (Å²) in [7, 11) is 1.34. The molecule has 0 aromatic heterocycles. The van der Waals surface area contributed by atoms with Crippen LogP contribution in [0, 0.1) is 17.8 Å². The molecule has 3 heteroatoms. The molecule has 2 bridgehead atoms. The fourth-order valence-corrected chi connectivity index (χ4v) is 2.09. The van der Waals surface area contributed by atoms with Gasteiger partial charge in [-0.3, -0.25) is 9.59 Å². The first-order valence-electron chi connectivity index (χ1n) is 3.85. The van der Waals surface area contributed by atoms with Gasteiger partial charge in [0.05, 0.1) is 7.11 Å².